The van der Waals surface area contributed by atoms with Crippen LogP contribution < -0.4 is 15.0 Å². The minimum Gasteiger partial charge on any atom is -0.474 e. The summed E-state index contributed by atoms with van der Waals surface area (Å²) in [6.45, 7) is 2.56. The number of nitrogens with zero attached hydrogens (tertiary/aromatic N) is 6. The number of alkyl halides is 2. The number of rotatable bonds is 7. The summed E-state index contributed by atoms with van der Waals surface area (Å²) in [4.78, 5) is 41.5. The summed E-state index contributed by atoms with van der Waals surface area (Å²) in [7, 11) is 1.70. The van der Waals surface area contributed by atoms with E-state index < -0.39 is 12.2 Å². The van der Waals surface area contributed by atoms with Crippen LogP contribution in [0.2, 0.25) is 0 Å². The number of nitrogens with one attached hydrogen (secondary N) is 1. The van der Waals surface area contributed by atoms with Crippen molar-refractivity contribution in [1.82, 2.24) is 29.7 Å². The number of anilines is 1. The molecule has 3 fully saturated rings. The zero-order chi connectivity index (χ0) is 27.8. The van der Waals surface area contributed by atoms with Gasteiger partial charge in [0.05, 0.1) is 30.2 Å². The Labute approximate surface area is 229 Å². The number of imidazole rings is 1. The van der Waals surface area contributed by atoms with E-state index in [0.29, 0.717) is 62.7 Å². The number of aromatic nitrogens is 4. The molecule has 4 heterocycles. The largest absolute Gasteiger partial charge is 0.474 e. The van der Waals surface area contributed by atoms with E-state index in [4.69, 9.17) is 9.47 Å². The number of benzene rings is 1. The van der Waals surface area contributed by atoms with Crippen molar-refractivity contribution in [3.8, 4) is 11.7 Å². The number of ether oxygens (including phenoxy) is 2. The van der Waals surface area contributed by atoms with E-state index in [9.17, 15) is 18.4 Å². The summed E-state index contributed by atoms with van der Waals surface area (Å²) >= 11 is 0. The van der Waals surface area contributed by atoms with Crippen LogP contribution in [-0.2, 0) is 14.3 Å². The van der Waals surface area contributed by atoms with Gasteiger partial charge < -0.3 is 24.6 Å². The number of carbonyl (C=O) groups excluding carboxylic acids is 2. The first kappa shape index (κ1) is 26.4. The van der Waals surface area contributed by atoms with E-state index >= 15 is 0 Å². The molecule has 2 saturated heterocycles. The summed E-state index contributed by atoms with van der Waals surface area (Å²) in [5.74, 6) is -0.00662. The average molecular weight is 556 g/mol. The van der Waals surface area contributed by atoms with Gasteiger partial charge >= 0.3 is 0 Å². The highest BCUT2D eigenvalue weighted by Gasteiger charge is 2.35. The highest BCUT2D eigenvalue weighted by atomic mass is 19.3. The van der Waals surface area contributed by atoms with Crippen LogP contribution in [0.3, 0.4) is 0 Å². The molecule has 13 heteroatoms. The number of fused-ring (bicyclic) bond motifs is 1. The summed E-state index contributed by atoms with van der Waals surface area (Å²) < 4.78 is 41.3. The van der Waals surface area contributed by atoms with Gasteiger partial charge in [0.2, 0.25) is 23.6 Å². The van der Waals surface area contributed by atoms with E-state index in [1.165, 1.54) is 4.57 Å². The maximum atomic E-state index is 14.1. The number of morpholine rings is 1. The van der Waals surface area contributed by atoms with Crippen molar-refractivity contribution in [2.75, 3.05) is 44.8 Å². The molecule has 1 N–H and O–H groups in total. The molecule has 1 saturated carbocycles. The lowest BCUT2D eigenvalue weighted by Crippen LogP contribution is -2.39. The van der Waals surface area contributed by atoms with Gasteiger partial charge in [-0.15, -0.1) is 0 Å². The maximum absolute atomic E-state index is 14.1. The Morgan fingerprint density at radius 2 is 1.95 bits per heavy atom. The van der Waals surface area contributed by atoms with E-state index in [1.807, 2.05) is 4.90 Å². The van der Waals surface area contributed by atoms with Gasteiger partial charge in [0, 0.05) is 51.6 Å². The van der Waals surface area contributed by atoms with E-state index in [-0.39, 0.29) is 48.0 Å². The fraction of sp³-hybridized carbons (Fsp3) is 0.519. The number of carbonyl (C=O) groups is 2. The number of amides is 2. The molecule has 11 nitrogen and oxygen atoms in total. The second-order valence-corrected chi connectivity index (χ2v) is 10.5. The molecule has 3 aromatic rings. The SMILES string of the molecule is CN1CC(C(=O)N[C@H]2CC[C@H](Oc3cc(-n4c(C(F)F)nc5ccccc54)nc(N4CCOCC4)n3)C2)CC1=O. The van der Waals surface area contributed by atoms with Crippen LogP contribution in [0.5, 0.6) is 5.88 Å². The van der Waals surface area contributed by atoms with Gasteiger partial charge in [0.25, 0.3) is 6.43 Å². The average Bonchev–Trinajstić information content (AvgIpc) is 3.66. The lowest BCUT2D eigenvalue weighted by molar-refractivity contribution is -0.128. The smallest absolute Gasteiger partial charge is 0.296 e. The first-order valence-corrected chi connectivity index (χ1v) is 13.5. The van der Waals surface area contributed by atoms with Crippen LogP contribution >= 0.6 is 0 Å². The Balaban J connectivity index is 1.25. The molecule has 2 aromatic heterocycles. The Hall–Kier alpha value is -3.87. The second kappa shape index (κ2) is 11.0. The van der Waals surface area contributed by atoms with Crippen LogP contribution in [0.4, 0.5) is 14.7 Å². The first-order valence-electron chi connectivity index (χ1n) is 13.5. The minimum atomic E-state index is -2.81. The third-order valence-corrected chi connectivity index (χ3v) is 7.71. The monoisotopic (exact) mass is 555 g/mol. The Kier molecular flexibility index (Phi) is 7.22. The van der Waals surface area contributed by atoms with Gasteiger partial charge in [-0.1, -0.05) is 12.1 Å². The third-order valence-electron chi connectivity index (χ3n) is 7.71. The molecular weight excluding hydrogens is 524 g/mol. The van der Waals surface area contributed by atoms with Gasteiger partial charge in [-0.05, 0) is 25.0 Å². The summed E-state index contributed by atoms with van der Waals surface area (Å²) in [6.07, 6.45) is -0.822. The quantitative estimate of drug-likeness (QED) is 0.473. The molecule has 1 unspecified atom stereocenters. The predicted molar refractivity (Wildman–Crippen MR) is 141 cm³/mol. The Bertz CT molecular complexity index is 1410. The summed E-state index contributed by atoms with van der Waals surface area (Å²) in [6, 6.07) is 8.42. The van der Waals surface area contributed by atoms with Crippen LogP contribution in [0.1, 0.15) is 37.9 Å². The van der Waals surface area contributed by atoms with Gasteiger partial charge in [0.1, 0.15) is 11.9 Å². The number of hydrogen-bond acceptors (Lipinski definition) is 8. The van der Waals surface area contributed by atoms with Gasteiger partial charge in [-0.2, -0.15) is 9.97 Å². The molecule has 212 valence electrons. The molecule has 2 aliphatic heterocycles. The summed E-state index contributed by atoms with van der Waals surface area (Å²) in [5.41, 5.74) is 0.950. The molecule has 1 aliphatic carbocycles. The molecule has 2 amide bonds. The van der Waals surface area contributed by atoms with Crippen molar-refractivity contribution in [3.63, 3.8) is 0 Å². The standard InChI is InChI=1S/C27H31F2N7O4/c1-34-15-16(12-23(34)37)26(38)30-17-6-7-18(13-17)40-22-14-21(32-27(33-22)35-8-10-39-11-9-35)36-20-5-3-2-4-19(20)31-25(36)24(28)29/h2-5,14,16-18,24H,6-13,15H2,1H3,(H,30,38)/t16?,17-,18-/m0/s1. The highest BCUT2D eigenvalue weighted by molar-refractivity contribution is 5.89. The Morgan fingerprint density at radius 1 is 1.15 bits per heavy atom. The summed E-state index contributed by atoms with van der Waals surface area (Å²) in [5, 5.41) is 3.07. The predicted octanol–water partition coefficient (Wildman–Crippen LogP) is 2.48. The molecule has 3 atom stereocenters. The van der Waals surface area contributed by atoms with Crippen molar-refractivity contribution >= 4 is 28.8 Å². The van der Waals surface area contributed by atoms with Crippen molar-refractivity contribution in [2.24, 2.45) is 5.92 Å². The Morgan fingerprint density at radius 3 is 2.70 bits per heavy atom. The molecule has 0 bridgehead atoms. The zero-order valence-corrected chi connectivity index (χ0v) is 22.1. The van der Waals surface area contributed by atoms with Crippen LogP contribution in [0.25, 0.3) is 16.9 Å². The van der Waals surface area contributed by atoms with Gasteiger partial charge in [0.15, 0.2) is 5.82 Å². The molecule has 40 heavy (non-hydrogen) atoms. The second-order valence-electron chi connectivity index (χ2n) is 10.5. The maximum Gasteiger partial charge on any atom is 0.296 e. The third kappa shape index (κ3) is 5.29. The van der Waals surface area contributed by atoms with E-state index in [0.717, 1.165) is 6.42 Å². The normalized spacial score (nSPS) is 23.4. The fourth-order valence-corrected chi connectivity index (χ4v) is 5.62. The van der Waals surface area contributed by atoms with Gasteiger partial charge in [-0.3, -0.25) is 14.2 Å². The van der Waals surface area contributed by atoms with Crippen LogP contribution in [0.15, 0.2) is 30.3 Å². The van der Waals surface area contributed by atoms with E-state index in [2.05, 4.69) is 20.3 Å². The lowest BCUT2D eigenvalue weighted by Gasteiger charge is -2.27. The van der Waals surface area contributed by atoms with E-state index in [1.54, 1.807) is 42.3 Å². The van der Waals surface area contributed by atoms with Crippen molar-refractivity contribution in [2.45, 2.75) is 44.3 Å². The van der Waals surface area contributed by atoms with Crippen molar-refractivity contribution in [1.29, 1.82) is 0 Å². The molecule has 0 spiro atoms. The molecular formula is C27H31F2N7O4. The minimum absolute atomic E-state index is 0.0240. The molecule has 6 rings (SSSR count). The molecule has 0 radical (unpaired) electrons. The molecule has 3 aliphatic rings. The van der Waals surface area contributed by atoms with Crippen LogP contribution in [0, 0.1) is 5.92 Å². The van der Waals surface area contributed by atoms with Crippen molar-refractivity contribution < 1.29 is 27.8 Å². The number of likely N-dealkylation sites (tertiary alicyclic amines) is 1. The molecule has 1 aromatic carbocycles. The highest BCUT2D eigenvalue weighted by Crippen LogP contribution is 2.31. The zero-order valence-electron chi connectivity index (χ0n) is 22.1. The number of para-hydroxylation sites is 2. The topological polar surface area (TPSA) is 115 Å². The first-order chi connectivity index (χ1) is 19.4. The number of hydrogen-bond donors (Lipinski definition) is 1. The van der Waals surface area contributed by atoms with Crippen molar-refractivity contribution in [3.05, 3.63) is 36.2 Å². The van der Waals surface area contributed by atoms with Crippen LogP contribution in [-0.4, -0.2) is 88.3 Å². The van der Waals surface area contributed by atoms with Gasteiger partial charge in [-0.25, -0.2) is 13.8 Å². The fourth-order valence-electron chi connectivity index (χ4n) is 5.62. The lowest BCUT2D eigenvalue weighted by atomic mass is 10.1. The number of halogens is 2.